The minimum atomic E-state index is 0.578. The van der Waals surface area contributed by atoms with Crippen LogP contribution < -0.4 is 5.32 Å². The summed E-state index contributed by atoms with van der Waals surface area (Å²) in [5.74, 6) is 0.871. The van der Waals surface area contributed by atoms with Crippen LogP contribution in [0.15, 0.2) is 35.1 Å². The number of anilines is 1. The van der Waals surface area contributed by atoms with E-state index in [-0.39, 0.29) is 0 Å². The Morgan fingerprint density at radius 1 is 1.41 bits per heavy atom. The SMILES string of the molecule is Clc1ccc(Br)c(-n2ccnc2NC2CC2)c1. The van der Waals surface area contributed by atoms with Gasteiger partial charge in [-0.25, -0.2) is 4.98 Å². The molecule has 3 rings (SSSR count). The van der Waals surface area contributed by atoms with Gasteiger partial charge in [0, 0.05) is 27.9 Å². The molecule has 0 bridgehead atoms. The van der Waals surface area contributed by atoms with Gasteiger partial charge in [0.2, 0.25) is 5.95 Å². The van der Waals surface area contributed by atoms with Crippen LogP contribution in [0.3, 0.4) is 0 Å². The largest absolute Gasteiger partial charge is 0.353 e. The summed E-state index contributed by atoms with van der Waals surface area (Å²) in [6.45, 7) is 0. The van der Waals surface area contributed by atoms with Crippen LogP contribution in [0.5, 0.6) is 0 Å². The number of aromatic nitrogens is 2. The predicted octanol–water partition coefficient (Wildman–Crippen LogP) is 3.86. The maximum atomic E-state index is 6.03. The molecule has 1 heterocycles. The number of imidazole rings is 1. The maximum absolute atomic E-state index is 6.03. The van der Waals surface area contributed by atoms with Gasteiger partial charge in [0.05, 0.1) is 5.69 Å². The van der Waals surface area contributed by atoms with Crippen LogP contribution in [0.4, 0.5) is 5.95 Å². The van der Waals surface area contributed by atoms with Crippen LogP contribution in [0.1, 0.15) is 12.8 Å². The van der Waals surface area contributed by atoms with Gasteiger partial charge >= 0.3 is 0 Å². The van der Waals surface area contributed by atoms with Crippen molar-refractivity contribution < 1.29 is 0 Å². The molecule has 17 heavy (non-hydrogen) atoms. The molecule has 1 aliphatic carbocycles. The van der Waals surface area contributed by atoms with Gasteiger partial charge in [-0.2, -0.15) is 0 Å². The molecule has 5 heteroatoms. The highest BCUT2D eigenvalue weighted by Gasteiger charge is 2.23. The fourth-order valence-electron chi connectivity index (χ4n) is 1.69. The number of halogens is 2. The Hall–Kier alpha value is -1.00. The van der Waals surface area contributed by atoms with Gasteiger partial charge < -0.3 is 5.32 Å². The van der Waals surface area contributed by atoms with Crippen molar-refractivity contribution in [3.8, 4) is 5.69 Å². The molecule has 2 aromatic rings. The topological polar surface area (TPSA) is 29.9 Å². The predicted molar refractivity (Wildman–Crippen MR) is 72.9 cm³/mol. The van der Waals surface area contributed by atoms with E-state index in [0.717, 1.165) is 16.1 Å². The molecule has 1 N–H and O–H groups in total. The fraction of sp³-hybridized carbons (Fsp3) is 0.250. The van der Waals surface area contributed by atoms with Gasteiger partial charge in [-0.15, -0.1) is 0 Å². The minimum Gasteiger partial charge on any atom is -0.353 e. The molecular weight excluding hydrogens is 302 g/mol. The van der Waals surface area contributed by atoms with Gasteiger partial charge in [0.15, 0.2) is 0 Å². The van der Waals surface area contributed by atoms with Crippen LogP contribution >= 0.6 is 27.5 Å². The van der Waals surface area contributed by atoms with Crippen molar-refractivity contribution in [3.63, 3.8) is 0 Å². The molecule has 0 saturated heterocycles. The molecule has 0 amide bonds. The molecular formula is C12H11BrClN3. The van der Waals surface area contributed by atoms with E-state index in [4.69, 9.17) is 11.6 Å². The first kappa shape index (κ1) is 11.1. The van der Waals surface area contributed by atoms with E-state index in [1.165, 1.54) is 12.8 Å². The first-order valence-electron chi connectivity index (χ1n) is 5.49. The summed E-state index contributed by atoms with van der Waals surface area (Å²) in [5.41, 5.74) is 0.998. The summed E-state index contributed by atoms with van der Waals surface area (Å²) < 4.78 is 3.01. The van der Waals surface area contributed by atoms with E-state index in [2.05, 4.69) is 26.2 Å². The smallest absolute Gasteiger partial charge is 0.207 e. The molecule has 0 atom stereocenters. The van der Waals surface area contributed by atoms with E-state index in [0.29, 0.717) is 11.1 Å². The Labute approximate surface area is 113 Å². The minimum absolute atomic E-state index is 0.578. The van der Waals surface area contributed by atoms with Crippen LogP contribution in [0.2, 0.25) is 5.02 Å². The van der Waals surface area contributed by atoms with Crippen molar-refractivity contribution in [2.75, 3.05) is 5.32 Å². The summed E-state index contributed by atoms with van der Waals surface area (Å²) in [6, 6.07) is 6.30. The highest BCUT2D eigenvalue weighted by atomic mass is 79.9. The van der Waals surface area contributed by atoms with Crippen molar-refractivity contribution in [1.29, 1.82) is 0 Å². The number of nitrogens with zero attached hydrogens (tertiary/aromatic N) is 2. The third kappa shape index (κ3) is 2.33. The van der Waals surface area contributed by atoms with E-state index in [9.17, 15) is 0 Å². The normalized spacial score (nSPS) is 14.9. The fourth-order valence-corrected chi connectivity index (χ4v) is 2.29. The molecule has 1 fully saturated rings. The van der Waals surface area contributed by atoms with Gasteiger partial charge in [0.1, 0.15) is 0 Å². The molecule has 88 valence electrons. The zero-order valence-corrected chi connectivity index (χ0v) is 11.4. The highest BCUT2D eigenvalue weighted by molar-refractivity contribution is 9.10. The summed E-state index contributed by atoms with van der Waals surface area (Å²) in [5, 5.41) is 4.11. The van der Waals surface area contributed by atoms with E-state index in [1.807, 2.05) is 29.0 Å². The quantitative estimate of drug-likeness (QED) is 0.932. The van der Waals surface area contributed by atoms with Crippen molar-refractivity contribution in [2.45, 2.75) is 18.9 Å². The van der Waals surface area contributed by atoms with Crippen molar-refractivity contribution in [2.24, 2.45) is 0 Å². The second kappa shape index (κ2) is 4.35. The van der Waals surface area contributed by atoms with Crippen molar-refractivity contribution >= 4 is 33.5 Å². The molecule has 0 aliphatic heterocycles. The molecule has 1 aromatic heterocycles. The number of rotatable bonds is 3. The monoisotopic (exact) mass is 311 g/mol. The first-order valence-corrected chi connectivity index (χ1v) is 6.66. The summed E-state index contributed by atoms with van der Waals surface area (Å²) >= 11 is 9.56. The number of benzene rings is 1. The van der Waals surface area contributed by atoms with Gasteiger partial charge in [-0.05, 0) is 47.0 Å². The Morgan fingerprint density at radius 3 is 3.00 bits per heavy atom. The number of hydrogen-bond acceptors (Lipinski definition) is 2. The van der Waals surface area contributed by atoms with Crippen molar-refractivity contribution in [1.82, 2.24) is 9.55 Å². The third-order valence-corrected chi connectivity index (χ3v) is 3.62. The lowest BCUT2D eigenvalue weighted by Crippen LogP contribution is -2.08. The second-order valence-corrected chi connectivity index (χ2v) is 5.43. The average Bonchev–Trinajstić information content (AvgIpc) is 3.00. The average molecular weight is 313 g/mol. The summed E-state index contributed by atoms with van der Waals surface area (Å²) in [7, 11) is 0. The Balaban J connectivity index is 2.01. The van der Waals surface area contributed by atoms with Gasteiger partial charge in [-0.3, -0.25) is 4.57 Å². The summed E-state index contributed by atoms with van der Waals surface area (Å²) in [6.07, 6.45) is 6.17. The Kier molecular flexibility index (Phi) is 2.84. The first-order chi connectivity index (χ1) is 8.24. The highest BCUT2D eigenvalue weighted by Crippen LogP contribution is 2.29. The lowest BCUT2D eigenvalue weighted by molar-refractivity contribution is 0.998. The standard InChI is InChI=1S/C12H11BrClN3/c13-10-4-1-8(14)7-11(10)17-6-5-15-12(17)16-9-2-3-9/h1,4-7,9H,2-3H2,(H,15,16). The zero-order chi connectivity index (χ0) is 11.8. The molecule has 0 radical (unpaired) electrons. The maximum Gasteiger partial charge on any atom is 0.207 e. The molecule has 1 aliphatic rings. The zero-order valence-electron chi connectivity index (χ0n) is 9.03. The molecule has 3 nitrogen and oxygen atoms in total. The lowest BCUT2D eigenvalue weighted by Gasteiger charge is -2.11. The summed E-state index contributed by atoms with van der Waals surface area (Å²) in [4.78, 5) is 4.33. The van der Waals surface area contributed by atoms with Gasteiger partial charge in [0.25, 0.3) is 0 Å². The molecule has 1 saturated carbocycles. The third-order valence-electron chi connectivity index (χ3n) is 2.72. The van der Waals surface area contributed by atoms with Crippen LogP contribution in [0, 0.1) is 0 Å². The molecule has 1 aromatic carbocycles. The molecule has 0 spiro atoms. The van der Waals surface area contributed by atoms with Crippen molar-refractivity contribution in [3.05, 3.63) is 40.1 Å². The Bertz CT molecular complexity index is 548. The number of hydrogen-bond donors (Lipinski definition) is 1. The second-order valence-electron chi connectivity index (χ2n) is 4.14. The lowest BCUT2D eigenvalue weighted by atomic mass is 10.3. The Morgan fingerprint density at radius 2 is 2.24 bits per heavy atom. The van der Waals surface area contributed by atoms with Crippen LogP contribution in [-0.4, -0.2) is 15.6 Å². The molecule has 0 unspecified atom stereocenters. The van der Waals surface area contributed by atoms with Gasteiger partial charge in [-0.1, -0.05) is 11.6 Å². The number of nitrogens with one attached hydrogen (secondary N) is 1. The van der Waals surface area contributed by atoms with Crippen LogP contribution in [-0.2, 0) is 0 Å². The van der Waals surface area contributed by atoms with E-state index >= 15 is 0 Å². The van der Waals surface area contributed by atoms with E-state index in [1.54, 1.807) is 6.20 Å². The van der Waals surface area contributed by atoms with Crippen LogP contribution in [0.25, 0.3) is 5.69 Å². The van der Waals surface area contributed by atoms with E-state index < -0.39 is 0 Å².